The summed E-state index contributed by atoms with van der Waals surface area (Å²) in [6.45, 7) is 6.26. The fraction of sp³-hybridized carbons (Fsp3) is 0.636. The molecule has 15 heavy (non-hydrogen) atoms. The summed E-state index contributed by atoms with van der Waals surface area (Å²) in [4.78, 5) is 8.74. The summed E-state index contributed by atoms with van der Waals surface area (Å²) in [7, 11) is 0. The minimum absolute atomic E-state index is 0.0602. The van der Waals surface area contributed by atoms with E-state index in [0.29, 0.717) is 11.9 Å². The van der Waals surface area contributed by atoms with E-state index in [9.17, 15) is 0 Å². The maximum absolute atomic E-state index is 5.76. The molecule has 1 fully saturated rings. The molecule has 0 radical (unpaired) electrons. The third-order valence-corrected chi connectivity index (χ3v) is 2.35. The molecule has 0 aromatic carbocycles. The number of hydrogen-bond acceptors (Lipinski definition) is 4. The highest BCUT2D eigenvalue weighted by atomic mass is 15.1. The van der Waals surface area contributed by atoms with Crippen LogP contribution in [-0.4, -0.2) is 16.0 Å². The Labute approximate surface area is 90.3 Å². The zero-order valence-corrected chi connectivity index (χ0v) is 9.54. The Kier molecular flexibility index (Phi) is 2.29. The van der Waals surface area contributed by atoms with Crippen LogP contribution in [0.4, 0.5) is 11.6 Å². The molecule has 0 amide bonds. The molecule has 82 valence electrons. The number of nitrogens with one attached hydrogen (secondary N) is 1. The van der Waals surface area contributed by atoms with Crippen LogP contribution < -0.4 is 11.1 Å². The first-order valence-electron chi connectivity index (χ1n) is 5.37. The van der Waals surface area contributed by atoms with Crippen LogP contribution in [0, 0.1) is 0 Å². The monoisotopic (exact) mass is 206 g/mol. The molecule has 2 rings (SSSR count). The van der Waals surface area contributed by atoms with Gasteiger partial charge in [-0.05, 0) is 12.8 Å². The highest BCUT2D eigenvalue weighted by Crippen LogP contribution is 2.26. The molecule has 1 aromatic heterocycles. The fourth-order valence-electron chi connectivity index (χ4n) is 1.31. The molecule has 1 aromatic rings. The summed E-state index contributed by atoms with van der Waals surface area (Å²) in [6, 6.07) is 2.39. The van der Waals surface area contributed by atoms with Crippen LogP contribution in [0.15, 0.2) is 6.07 Å². The summed E-state index contributed by atoms with van der Waals surface area (Å²) < 4.78 is 0. The van der Waals surface area contributed by atoms with Gasteiger partial charge in [0.1, 0.15) is 17.5 Å². The Bertz CT molecular complexity index is 363. The van der Waals surface area contributed by atoms with Gasteiger partial charge in [0.15, 0.2) is 0 Å². The van der Waals surface area contributed by atoms with Gasteiger partial charge in [0.2, 0.25) is 0 Å². The lowest BCUT2D eigenvalue weighted by Gasteiger charge is -2.18. The summed E-state index contributed by atoms with van der Waals surface area (Å²) in [5.74, 6) is 2.19. The molecule has 4 heteroatoms. The number of anilines is 2. The fourth-order valence-corrected chi connectivity index (χ4v) is 1.31. The third-order valence-electron chi connectivity index (χ3n) is 2.35. The van der Waals surface area contributed by atoms with E-state index in [0.717, 1.165) is 11.6 Å². The second-order valence-electron chi connectivity index (χ2n) is 5.17. The highest BCUT2D eigenvalue weighted by Gasteiger charge is 2.23. The molecular formula is C11H18N4. The van der Waals surface area contributed by atoms with Crippen LogP contribution in [0.1, 0.15) is 39.4 Å². The Morgan fingerprint density at radius 2 is 2.00 bits per heavy atom. The lowest BCUT2D eigenvalue weighted by Crippen LogP contribution is -2.18. The standard InChI is InChI=1S/C11H18N4/c1-11(2,3)10-14-8(12)6-9(15-10)13-7-4-5-7/h6-7H,4-5H2,1-3H3,(H3,12,13,14,15). The third kappa shape index (κ3) is 2.58. The van der Waals surface area contributed by atoms with E-state index in [2.05, 4.69) is 36.1 Å². The summed E-state index contributed by atoms with van der Waals surface area (Å²) in [5.41, 5.74) is 5.70. The molecule has 1 aliphatic rings. The van der Waals surface area contributed by atoms with Gasteiger partial charge in [-0.1, -0.05) is 20.8 Å². The molecular weight excluding hydrogens is 188 g/mol. The van der Waals surface area contributed by atoms with Crippen molar-refractivity contribution < 1.29 is 0 Å². The second-order valence-corrected chi connectivity index (χ2v) is 5.17. The van der Waals surface area contributed by atoms with Gasteiger partial charge < -0.3 is 11.1 Å². The van der Waals surface area contributed by atoms with E-state index < -0.39 is 0 Å². The predicted molar refractivity (Wildman–Crippen MR) is 61.8 cm³/mol. The van der Waals surface area contributed by atoms with Crippen molar-refractivity contribution in [2.24, 2.45) is 0 Å². The van der Waals surface area contributed by atoms with E-state index in [4.69, 9.17) is 5.73 Å². The smallest absolute Gasteiger partial charge is 0.138 e. The number of nitrogens with zero attached hydrogens (tertiary/aromatic N) is 2. The molecule has 0 unspecified atom stereocenters. The molecule has 1 heterocycles. The van der Waals surface area contributed by atoms with E-state index in [1.165, 1.54) is 12.8 Å². The second kappa shape index (κ2) is 3.36. The Morgan fingerprint density at radius 1 is 1.33 bits per heavy atom. The van der Waals surface area contributed by atoms with Crippen molar-refractivity contribution in [1.82, 2.24) is 9.97 Å². The lowest BCUT2D eigenvalue weighted by molar-refractivity contribution is 0.547. The van der Waals surface area contributed by atoms with Gasteiger partial charge in [-0.15, -0.1) is 0 Å². The summed E-state index contributed by atoms with van der Waals surface area (Å²) in [6.07, 6.45) is 2.46. The van der Waals surface area contributed by atoms with Crippen molar-refractivity contribution in [1.29, 1.82) is 0 Å². The van der Waals surface area contributed by atoms with Gasteiger partial charge >= 0.3 is 0 Å². The highest BCUT2D eigenvalue weighted by molar-refractivity contribution is 5.46. The molecule has 0 saturated heterocycles. The van der Waals surface area contributed by atoms with E-state index in [1.54, 1.807) is 6.07 Å². The van der Waals surface area contributed by atoms with Crippen molar-refractivity contribution in [3.05, 3.63) is 11.9 Å². The van der Waals surface area contributed by atoms with Crippen molar-refractivity contribution >= 4 is 11.6 Å². The normalized spacial score (nSPS) is 16.5. The zero-order chi connectivity index (χ0) is 11.1. The molecule has 3 N–H and O–H groups in total. The quantitative estimate of drug-likeness (QED) is 0.776. The minimum atomic E-state index is -0.0602. The number of hydrogen-bond donors (Lipinski definition) is 2. The topological polar surface area (TPSA) is 63.8 Å². The first-order chi connectivity index (χ1) is 6.95. The molecule has 0 spiro atoms. The maximum atomic E-state index is 5.76. The minimum Gasteiger partial charge on any atom is -0.384 e. The number of rotatable bonds is 2. The summed E-state index contributed by atoms with van der Waals surface area (Å²) in [5, 5.41) is 3.34. The molecule has 0 aliphatic heterocycles. The van der Waals surface area contributed by atoms with Gasteiger partial charge in [0.05, 0.1) is 0 Å². The Morgan fingerprint density at radius 3 is 2.53 bits per heavy atom. The van der Waals surface area contributed by atoms with Gasteiger partial charge in [-0.25, -0.2) is 9.97 Å². The van der Waals surface area contributed by atoms with Crippen LogP contribution in [0.5, 0.6) is 0 Å². The van der Waals surface area contributed by atoms with E-state index in [1.807, 2.05) is 0 Å². The van der Waals surface area contributed by atoms with Crippen LogP contribution in [0.2, 0.25) is 0 Å². The number of nitrogens with two attached hydrogens (primary N) is 1. The van der Waals surface area contributed by atoms with Crippen LogP contribution in [0.25, 0.3) is 0 Å². The average Bonchev–Trinajstić information content (AvgIpc) is 2.85. The van der Waals surface area contributed by atoms with Crippen LogP contribution >= 0.6 is 0 Å². The van der Waals surface area contributed by atoms with Gasteiger partial charge in [-0.2, -0.15) is 0 Å². The van der Waals surface area contributed by atoms with Gasteiger partial charge in [-0.3, -0.25) is 0 Å². The molecule has 4 nitrogen and oxygen atoms in total. The van der Waals surface area contributed by atoms with Crippen LogP contribution in [0.3, 0.4) is 0 Å². The molecule has 1 saturated carbocycles. The van der Waals surface area contributed by atoms with Crippen molar-refractivity contribution in [3.8, 4) is 0 Å². The number of aromatic nitrogens is 2. The Balaban J connectivity index is 2.27. The van der Waals surface area contributed by atoms with Crippen molar-refractivity contribution in [3.63, 3.8) is 0 Å². The molecule has 0 atom stereocenters. The largest absolute Gasteiger partial charge is 0.384 e. The first-order valence-corrected chi connectivity index (χ1v) is 5.37. The van der Waals surface area contributed by atoms with Crippen LogP contribution in [-0.2, 0) is 5.41 Å². The SMILES string of the molecule is CC(C)(C)c1nc(N)cc(NC2CC2)n1. The van der Waals surface area contributed by atoms with Gasteiger partial charge in [0.25, 0.3) is 0 Å². The maximum Gasteiger partial charge on any atom is 0.138 e. The first kappa shape index (κ1) is 10.2. The van der Waals surface area contributed by atoms with Crippen molar-refractivity contribution in [2.75, 3.05) is 11.1 Å². The average molecular weight is 206 g/mol. The van der Waals surface area contributed by atoms with E-state index in [-0.39, 0.29) is 5.41 Å². The zero-order valence-electron chi connectivity index (χ0n) is 9.54. The lowest BCUT2D eigenvalue weighted by atomic mass is 9.96. The molecule has 0 bridgehead atoms. The van der Waals surface area contributed by atoms with Crippen molar-refractivity contribution in [2.45, 2.75) is 45.1 Å². The number of nitrogen functional groups attached to an aromatic ring is 1. The predicted octanol–water partition coefficient (Wildman–Crippen LogP) is 1.93. The molecule has 1 aliphatic carbocycles. The van der Waals surface area contributed by atoms with E-state index >= 15 is 0 Å². The Hall–Kier alpha value is -1.32. The van der Waals surface area contributed by atoms with Gasteiger partial charge in [0, 0.05) is 17.5 Å². The summed E-state index contributed by atoms with van der Waals surface area (Å²) >= 11 is 0.